The van der Waals surface area contributed by atoms with Crippen LogP contribution in [0.2, 0.25) is 0 Å². The molecule has 1 N–H and O–H groups in total. The molecule has 2 saturated carbocycles. The van der Waals surface area contributed by atoms with Crippen LogP contribution >= 0.6 is 11.6 Å². The van der Waals surface area contributed by atoms with Crippen LogP contribution in [-0.4, -0.2) is 38.6 Å². The third kappa shape index (κ3) is 5.10. The number of carbonyl (C=O) groups is 1. The molecule has 0 unspecified atom stereocenters. The number of fused-ring (bicyclic) bond motifs is 1. The first-order chi connectivity index (χ1) is 11.5. The summed E-state index contributed by atoms with van der Waals surface area (Å²) in [7, 11) is -3.41. The van der Waals surface area contributed by atoms with Crippen molar-refractivity contribution >= 4 is 27.6 Å². The van der Waals surface area contributed by atoms with Crippen molar-refractivity contribution in [3.8, 4) is 0 Å². The second-order valence-corrected chi connectivity index (χ2v) is 10.6. The molecule has 0 aromatic rings. The van der Waals surface area contributed by atoms with Gasteiger partial charge in [-0.1, -0.05) is 20.3 Å². The number of rotatable bonds is 6. The van der Waals surface area contributed by atoms with Gasteiger partial charge in [0.2, 0.25) is 5.91 Å². The van der Waals surface area contributed by atoms with Crippen molar-refractivity contribution in [2.24, 2.45) is 23.2 Å². The summed E-state index contributed by atoms with van der Waals surface area (Å²) >= 11 is 5.72. The van der Waals surface area contributed by atoms with Crippen LogP contribution in [0.15, 0.2) is 0 Å². The molecule has 146 valence electrons. The van der Waals surface area contributed by atoms with Crippen molar-refractivity contribution in [3.05, 3.63) is 0 Å². The molecule has 0 saturated heterocycles. The summed E-state index contributed by atoms with van der Waals surface area (Å²) in [5, 5.41) is 3.19. The molecule has 2 fully saturated rings. The van der Waals surface area contributed by atoms with Gasteiger partial charge in [-0.25, -0.2) is 0 Å². The molecule has 2 aliphatic carbocycles. The quantitative estimate of drug-likeness (QED) is 0.555. The van der Waals surface area contributed by atoms with Crippen LogP contribution in [0.3, 0.4) is 0 Å². The van der Waals surface area contributed by atoms with Crippen molar-refractivity contribution < 1.29 is 17.4 Å². The smallest absolute Gasteiger partial charge is 0.264 e. The molecule has 2 rings (SSSR count). The van der Waals surface area contributed by atoms with E-state index in [4.69, 9.17) is 15.8 Å². The van der Waals surface area contributed by atoms with E-state index in [-0.39, 0.29) is 35.3 Å². The van der Waals surface area contributed by atoms with Gasteiger partial charge in [-0.3, -0.25) is 8.98 Å². The Hall–Kier alpha value is -0.330. The number of halogens is 1. The predicted molar refractivity (Wildman–Crippen MR) is 100 cm³/mol. The molecule has 0 aromatic carbocycles. The monoisotopic (exact) mass is 393 g/mol. The lowest BCUT2D eigenvalue weighted by Gasteiger charge is -2.57. The Morgan fingerprint density at radius 1 is 1.32 bits per heavy atom. The summed E-state index contributed by atoms with van der Waals surface area (Å²) in [4.78, 5) is 12.0. The molecule has 1 amide bonds. The average molecular weight is 394 g/mol. The van der Waals surface area contributed by atoms with Crippen LogP contribution in [0, 0.1) is 23.2 Å². The molecule has 0 aromatic heterocycles. The van der Waals surface area contributed by atoms with Gasteiger partial charge < -0.3 is 5.32 Å². The summed E-state index contributed by atoms with van der Waals surface area (Å²) < 4.78 is 27.6. The molecular weight excluding hydrogens is 362 g/mol. The lowest BCUT2D eigenvalue weighted by atomic mass is 9.51. The minimum Gasteiger partial charge on any atom is -0.350 e. The minimum absolute atomic E-state index is 0.0128. The Kier molecular flexibility index (Phi) is 6.49. The number of hydrogen-bond donors (Lipinski definition) is 1. The molecule has 0 heterocycles. The lowest BCUT2D eigenvalue weighted by Crippen LogP contribution is -2.60. The zero-order chi connectivity index (χ0) is 18.9. The maximum absolute atomic E-state index is 12.0. The highest BCUT2D eigenvalue weighted by Gasteiger charge is 2.52. The maximum Gasteiger partial charge on any atom is 0.264 e. The van der Waals surface area contributed by atoms with Crippen LogP contribution in [0.25, 0.3) is 0 Å². The first-order valence-corrected chi connectivity index (χ1v) is 11.6. The highest BCUT2D eigenvalue weighted by molar-refractivity contribution is 7.85. The highest BCUT2D eigenvalue weighted by Crippen LogP contribution is 2.56. The predicted octanol–water partition coefficient (Wildman–Crippen LogP) is 3.32. The van der Waals surface area contributed by atoms with Crippen molar-refractivity contribution in [3.63, 3.8) is 0 Å². The van der Waals surface area contributed by atoms with Gasteiger partial charge in [0.05, 0.1) is 12.9 Å². The summed E-state index contributed by atoms with van der Waals surface area (Å²) in [6.07, 6.45) is 7.55. The molecular formula is C18H32ClNO4S. The summed E-state index contributed by atoms with van der Waals surface area (Å²) in [6, 6.07) is 0. The van der Waals surface area contributed by atoms with Crippen molar-refractivity contribution in [1.82, 2.24) is 5.32 Å². The highest BCUT2D eigenvalue weighted by atomic mass is 35.5. The molecule has 5 nitrogen and oxygen atoms in total. The zero-order valence-electron chi connectivity index (χ0n) is 15.8. The SMILES string of the molecule is C[C@@H](COS(C)(=O)=O)[C@@H]1CC[C@]2(C)CCC[C@@](C)(NC(=O)CCl)[C@H]2C1. The third-order valence-corrected chi connectivity index (χ3v) is 7.38. The van der Waals surface area contributed by atoms with Crippen molar-refractivity contribution in [2.75, 3.05) is 18.7 Å². The molecule has 0 aliphatic heterocycles. The number of amides is 1. The van der Waals surface area contributed by atoms with Crippen LogP contribution in [-0.2, 0) is 19.1 Å². The van der Waals surface area contributed by atoms with Crippen molar-refractivity contribution in [2.45, 2.75) is 64.8 Å². The van der Waals surface area contributed by atoms with Crippen LogP contribution < -0.4 is 5.32 Å². The zero-order valence-corrected chi connectivity index (χ0v) is 17.4. The van der Waals surface area contributed by atoms with E-state index in [0.717, 1.165) is 38.4 Å². The molecule has 0 bridgehead atoms. The van der Waals surface area contributed by atoms with Gasteiger partial charge in [0, 0.05) is 5.54 Å². The molecule has 0 spiro atoms. The van der Waals surface area contributed by atoms with Gasteiger partial charge >= 0.3 is 0 Å². The summed E-state index contributed by atoms with van der Waals surface area (Å²) in [5.41, 5.74) is -0.0183. The fraction of sp³-hybridized carbons (Fsp3) is 0.944. The molecule has 0 radical (unpaired) electrons. The average Bonchev–Trinajstić information content (AvgIpc) is 2.51. The van der Waals surface area contributed by atoms with E-state index in [0.29, 0.717) is 11.8 Å². The van der Waals surface area contributed by atoms with E-state index in [9.17, 15) is 13.2 Å². The van der Waals surface area contributed by atoms with Gasteiger partial charge in [-0.05, 0) is 62.2 Å². The lowest BCUT2D eigenvalue weighted by molar-refractivity contribution is -0.124. The van der Waals surface area contributed by atoms with Crippen LogP contribution in [0.1, 0.15) is 59.3 Å². The van der Waals surface area contributed by atoms with E-state index in [1.165, 1.54) is 6.42 Å². The van der Waals surface area contributed by atoms with E-state index in [1.807, 2.05) is 0 Å². The maximum atomic E-state index is 12.0. The number of nitrogens with one attached hydrogen (secondary N) is 1. The molecule has 25 heavy (non-hydrogen) atoms. The Balaban J connectivity index is 2.12. The minimum atomic E-state index is -3.41. The molecule has 5 atom stereocenters. The van der Waals surface area contributed by atoms with Crippen molar-refractivity contribution in [1.29, 1.82) is 0 Å². The number of hydrogen-bond acceptors (Lipinski definition) is 4. The van der Waals surface area contributed by atoms with E-state index in [2.05, 4.69) is 26.1 Å². The van der Waals surface area contributed by atoms with Crippen LogP contribution in [0.5, 0.6) is 0 Å². The summed E-state index contributed by atoms with van der Waals surface area (Å²) in [5.74, 6) is 0.838. The largest absolute Gasteiger partial charge is 0.350 e. The summed E-state index contributed by atoms with van der Waals surface area (Å²) in [6.45, 7) is 6.79. The fourth-order valence-corrected chi connectivity index (χ4v) is 5.67. The molecule has 2 aliphatic rings. The van der Waals surface area contributed by atoms with Gasteiger partial charge in [0.25, 0.3) is 10.1 Å². The van der Waals surface area contributed by atoms with Gasteiger partial charge in [-0.2, -0.15) is 8.42 Å². The number of alkyl halides is 1. The van der Waals surface area contributed by atoms with Gasteiger partial charge in [0.15, 0.2) is 0 Å². The first kappa shape index (κ1) is 21.0. The first-order valence-electron chi connectivity index (χ1n) is 9.20. The third-order valence-electron chi connectivity index (χ3n) is 6.58. The van der Waals surface area contributed by atoms with E-state index < -0.39 is 10.1 Å². The van der Waals surface area contributed by atoms with E-state index in [1.54, 1.807) is 0 Å². The Morgan fingerprint density at radius 3 is 2.60 bits per heavy atom. The number of carbonyl (C=O) groups excluding carboxylic acids is 1. The Morgan fingerprint density at radius 2 is 2.00 bits per heavy atom. The topological polar surface area (TPSA) is 72.5 Å². The second-order valence-electron chi connectivity index (χ2n) is 8.66. The standard InChI is InChI=1S/C18H32ClNO4S/c1-13(12-24-25(4,22)23)14-6-9-17(2)7-5-8-18(3,15(17)10-14)20-16(21)11-19/h13-15H,5-12H2,1-4H3,(H,20,21)/t13-,14+,15-,17-,18+/m0/s1. The Bertz CT molecular complexity index is 596. The normalized spacial score (nSPS) is 37.2. The Labute approximate surface area is 157 Å². The van der Waals surface area contributed by atoms with Crippen LogP contribution in [0.4, 0.5) is 0 Å². The van der Waals surface area contributed by atoms with Gasteiger partial charge in [0.1, 0.15) is 5.88 Å². The van der Waals surface area contributed by atoms with Gasteiger partial charge in [-0.15, -0.1) is 11.6 Å². The fourth-order valence-electron chi connectivity index (χ4n) is 5.14. The molecule has 7 heteroatoms. The second kappa shape index (κ2) is 7.73. The van der Waals surface area contributed by atoms with E-state index >= 15 is 0 Å².